The number of esters is 1. The fourth-order valence-corrected chi connectivity index (χ4v) is 3.37. The molecule has 154 valence electrons. The summed E-state index contributed by atoms with van der Waals surface area (Å²) in [6.45, 7) is 4.77. The summed E-state index contributed by atoms with van der Waals surface area (Å²) in [6, 6.07) is 9.94. The van der Waals surface area contributed by atoms with Crippen LogP contribution in [0, 0.1) is 5.92 Å². The quantitative estimate of drug-likeness (QED) is 0.439. The molecule has 0 aromatic heterocycles. The van der Waals surface area contributed by atoms with Crippen molar-refractivity contribution in [3.05, 3.63) is 35.9 Å². The zero-order chi connectivity index (χ0) is 20.4. The molecular formula is C21H32N4O3. The third kappa shape index (κ3) is 6.55. The van der Waals surface area contributed by atoms with Gasteiger partial charge >= 0.3 is 5.97 Å². The molecule has 1 aliphatic rings. The number of guanidine groups is 1. The van der Waals surface area contributed by atoms with Crippen LogP contribution in [0.3, 0.4) is 0 Å². The number of hydrogen-bond acceptors (Lipinski definition) is 4. The maximum absolute atomic E-state index is 12.4. The number of aliphatic imine (C=N–C) groups is 1. The van der Waals surface area contributed by atoms with E-state index in [-0.39, 0.29) is 17.8 Å². The van der Waals surface area contributed by atoms with E-state index in [0.29, 0.717) is 32.7 Å². The van der Waals surface area contributed by atoms with E-state index in [9.17, 15) is 9.59 Å². The molecule has 7 nitrogen and oxygen atoms in total. The number of ether oxygens (including phenoxy) is 1. The lowest BCUT2D eigenvalue weighted by atomic mass is 9.98. The van der Waals surface area contributed by atoms with Gasteiger partial charge < -0.3 is 19.9 Å². The van der Waals surface area contributed by atoms with Crippen LogP contribution in [0.5, 0.6) is 0 Å². The molecule has 1 atom stereocenters. The summed E-state index contributed by atoms with van der Waals surface area (Å²) in [7, 11) is 3.54. The van der Waals surface area contributed by atoms with Crippen LogP contribution in [0.2, 0.25) is 0 Å². The van der Waals surface area contributed by atoms with Gasteiger partial charge in [-0.25, -0.2) is 0 Å². The molecule has 2 rings (SSSR count). The monoisotopic (exact) mass is 388 g/mol. The smallest absolute Gasteiger partial charge is 0.310 e. The number of carbonyl (C=O) groups is 2. The molecule has 28 heavy (non-hydrogen) atoms. The molecule has 7 heteroatoms. The van der Waals surface area contributed by atoms with Crippen LogP contribution in [-0.4, -0.2) is 68.0 Å². The number of piperidine rings is 1. The Hall–Kier alpha value is -2.57. The summed E-state index contributed by atoms with van der Waals surface area (Å²) in [5, 5.41) is 3.26. The van der Waals surface area contributed by atoms with Crippen molar-refractivity contribution in [1.29, 1.82) is 0 Å². The molecule has 1 amide bonds. The van der Waals surface area contributed by atoms with Crippen LogP contribution in [0.1, 0.15) is 31.7 Å². The Kier molecular flexibility index (Phi) is 8.78. The third-order valence-electron chi connectivity index (χ3n) is 4.86. The molecule has 1 N–H and O–H groups in total. The van der Waals surface area contributed by atoms with Crippen molar-refractivity contribution in [3.63, 3.8) is 0 Å². The van der Waals surface area contributed by atoms with Crippen molar-refractivity contribution in [2.24, 2.45) is 10.9 Å². The van der Waals surface area contributed by atoms with Gasteiger partial charge in [-0.3, -0.25) is 14.6 Å². The van der Waals surface area contributed by atoms with Crippen molar-refractivity contribution in [3.8, 4) is 0 Å². The first kappa shape index (κ1) is 21.7. The Balaban J connectivity index is 1.78. The zero-order valence-electron chi connectivity index (χ0n) is 17.2. The van der Waals surface area contributed by atoms with Crippen LogP contribution in [0.25, 0.3) is 0 Å². The van der Waals surface area contributed by atoms with E-state index in [0.717, 1.165) is 30.9 Å². The van der Waals surface area contributed by atoms with Crippen molar-refractivity contribution in [2.45, 2.75) is 32.7 Å². The number of carbonyl (C=O) groups excluding carboxylic acids is 2. The van der Waals surface area contributed by atoms with E-state index in [1.807, 2.05) is 44.3 Å². The second kappa shape index (κ2) is 11.3. The molecule has 0 saturated carbocycles. The van der Waals surface area contributed by atoms with Crippen molar-refractivity contribution in [1.82, 2.24) is 15.1 Å². The largest absolute Gasteiger partial charge is 0.466 e. The van der Waals surface area contributed by atoms with Crippen LogP contribution in [0.4, 0.5) is 0 Å². The van der Waals surface area contributed by atoms with Crippen molar-refractivity contribution in [2.75, 3.05) is 40.3 Å². The van der Waals surface area contributed by atoms with Crippen LogP contribution in [-0.2, 0) is 20.9 Å². The summed E-state index contributed by atoms with van der Waals surface area (Å²) in [5.41, 5.74) is 1.11. The first-order valence-corrected chi connectivity index (χ1v) is 9.95. The Bertz CT molecular complexity index is 663. The van der Waals surface area contributed by atoms with Gasteiger partial charge in [-0.05, 0) is 25.3 Å². The number of amides is 1. The first-order chi connectivity index (χ1) is 13.5. The van der Waals surface area contributed by atoms with E-state index < -0.39 is 0 Å². The minimum absolute atomic E-state index is 0.0786. The number of likely N-dealkylation sites (tertiary alicyclic amines) is 1. The average Bonchev–Trinajstić information content (AvgIpc) is 2.72. The van der Waals surface area contributed by atoms with Gasteiger partial charge in [0.05, 0.1) is 12.5 Å². The maximum Gasteiger partial charge on any atom is 0.310 e. The number of benzene rings is 1. The molecule has 1 aromatic rings. The molecule has 1 saturated heterocycles. The summed E-state index contributed by atoms with van der Waals surface area (Å²) >= 11 is 0. The minimum atomic E-state index is -0.139. The third-order valence-corrected chi connectivity index (χ3v) is 4.86. The number of rotatable bonds is 7. The highest BCUT2D eigenvalue weighted by molar-refractivity contribution is 5.82. The fraction of sp³-hybridized carbons (Fsp3) is 0.571. The molecular weight excluding hydrogens is 356 g/mol. The number of nitrogens with one attached hydrogen (secondary N) is 1. The number of hydrogen-bond donors (Lipinski definition) is 1. The highest BCUT2D eigenvalue weighted by Gasteiger charge is 2.28. The van der Waals surface area contributed by atoms with E-state index in [1.165, 1.54) is 0 Å². The molecule has 1 aliphatic heterocycles. The normalized spacial score (nSPS) is 17.2. The van der Waals surface area contributed by atoms with Crippen molar-refractivity contribution >= 4 is 17.8 Å². The van der Waals surface area contributed by atoms with E-state index >= 15 is 0 Å². The van der Waals surface area contributed by atoms with Crippen LogP contribution in [0.15, 0.2) is 35.3 Å². The Morgan fingerprint density at radius 3 is 2.75 bits per heavy atom. The van der Waals surface area contributed by atoms with E-state index in [1.54, 1.807) is 11.9 Å². The summed E-state index contributed by atoms with van der Waals surface area (Å²) < 4.78 is 5.15. The van der Waals surface area contributed by atoms with Crippen LogP contribution < -0.4 is 5.32 Å². The van der Waals surface area contributed by atoms with E-state index in [2.05, 4.69) is 15.2 Å². The second-order valence-electron chi connectivity index (χ2n) is 7.00. The predicted molar refractivity (Wildman–Crippen MR) is 110 cm³/mol. The minimum Gasteiger partial charge on any atom is -0.466 e. The van der Waals surface area contributed by atoms with E-state index in [4.69, 9.17) is 4.74 Å². The van der Waals surface area contributed by atoms with Gasteiger partial charge in [-0.15, -0.1) is 0 Å². The Morgan fingerprint density at radius 2 is 2.07 bits per heavy atom. The lowest BCUT2D eigenvalue weighted by Crippen LogP contribution is -2.48. The van der Waals surface area contributed by atoms with Gasteiger partial charge in [0, 0.05) is 46.7 Å². The lowest BCUT2D eigenvalue weighted by Gasteiger charge is -2.34. The summed E-state index contributed by atoms with van der Waals surface area (Å²) in [4.78, 5) is 32.5. The molecule has 0 radical (unpaired) electrons. The number of nitrogens with zero attached hydrogens (tertiary/aromatic N) is 3. The van der Waals surface area contributed by atoms with Gasteiger partial charge in [-0.2, -0.15) is 0 Å². The van der Waals surface area contributed by atoms with Gasteiger partial charge in [0.2, 0.25) is 5.91 Å². The average molecular weight is 389 g/mol. The highest BCUT2D eigenvalue weighted by atomic mass is 16.5. The second-order valence-corrected chi connectivity index (χ2v) is 7.00. The SMILES string of the molecule is CCOC(=O)C1CCCN(C(=NC)NCCC(=O)N(C)Cc2ccccc2)C1. The Labute approximate surface area is 167 Å². The molecule has 1 unspecified atom stereocenters. The molecule has 0 aliphatic carbocycles. The van der Waals surface area contributed by atoms with Crippen molar-refractivity contribution < 1.29 is 14.3 Å². The summed E-state index contributed by atoms with van der Waals surface area (Å²) in [5.74, 6) is 0.550. The Morgan fingerprint density at radius 1 is 1.32 bits per heavy atom. The predicted octanol–water partition coefficient (Wildman–Crippen LogP) is 1.89. The van der Waals surface area contributed by atoms with Gasteiger partial charge in [-0.1, -0.05) is 30.3 Å². The topological polar surface area (TPSA) is 74.2 Å². The first-order valence-electron chi connectivity index (χ1n) is 9.95. The molecule has 0 spiro atoms. The zero-order valence-corrected chi connectivity index (χ0v) is 17.2. The molecule has 0 bridgehead atoms. The van der Waals surface area contributed by atoms with Gasteiger partial charge in [0.1, 0.15) is 0 Å². The lowest BCUT2D eigenvalue weighted by molar-refractivity contribution is -0.149. The molecule has 1 aromatic carbocycles. The fourth-order valence-electron chi connectivity index (χ4n) is 3.37. The molecule has 1 fully saturated rings. The summed E-state index contributed by atoms with van der Waals surface area (Å²) in [6.07, 6.45) is 2.15. The maximum atomic E-state index is 12.4. The van der Waals surface area contributed by atoms with Gasteiger partial charge in [0.25, 0.3) is 0 Å². The molecule has 1 heterocycles. The standard InChI is InChI=1S/C21H32N4O3/c1-4-28-20(27)18-11-8-14-25(16-18)21(22-2)23-13-12-19(26)24(3)15-17-9-6-5-7-10-17/h5-7,9-10,18H,4,8,11-16H2,1-3H3,(H,22,23). The van der Waals surface area contributed by atoms with Crippen LogP contribution >= 0.6 is 0 Å². The van der Waals surface area contributed by atoms with Gasteiger partial charge in [0.15, 0.2) is 5.96 Å². The highest BCUT2D eigenvalue weighted by Crippen LogP contribution is 2.18.